The number of hydrogen-bond donors (Lipinski definition) is 1. The largest absolute Gasteiger partial charge is 0.346 e. The summed E-state index contributed by atoms with van der Waals surface area (Å²) in [5.74, 6) is 0.815. The van der Waals surface area contributed by atoms with Crippen LogP contribution in [-0.4, -0.2) is 11.1 Å². The van der Waals surface area contributed by atoms with E-state index in [1.165, 1.54) is 41.4 Å². The van der Waals surface area contributed by atoms with E-state index in [9.17, 15) is 0 Å². The van der Waals surface area contributed by atoms with Crippen LogP contribution in [-0.2, 0) is 13.6 Å². The second-order valence-corrected chi connectivity index (χ2v) is 5.93. The summed E-state index contributed by atoms with van der Waals surface area (Å²) in [5.41, 5.74) is 4.17. The zero-order valence-corrected chi connectivity index (χ0v) is 12.5. The van der Waals surface area contributed by atoms with Gasteiger partial charge < -0.3 is 9.88 Å². The third kappa shape index (κ3) is 2.53. The molecular formula is C18H24N2. The molecule has 1 atom stereocenters. The van der Waals surface area contributed by atoms with Crippen molar-refractivity contribution in [2.75, 3.05) is 6.54 Å². The highest BCUT2D eigenvalue weighted by Gasteiger charge is 2.12. The Hall–Kier alpha value is -1.54. The molecule has 1 aromatic heterocycles. The highest BCUT2D eigenvalue weighted by molar-refractivity contribution is 5.85. The first kappa shape index (κ1) is 13.4. The van der Waals surface area contributed by atoms with Crippen molar-refractivity contribution in [1.29, 1.82) is 0 Å². The fourth-order valence-electron chi connectivity index (χ4n) is 3.32. The molecule has 1 aromatic carbocycles. The zero-order chi connectivity index (χ0) is 13.9. The predicted molar refractivity (Wildman–Crippen MR) is 85.8 cm³/mol. The lowest BCUT2D eigenvalue weighted by Crippen LogP contribution is -2.24. The fraction of sp³-hybridized carbons (Fsp3) is 0.444. The summed E-state index contributed by atoms with van der Waals surface area (Å²) in [6.07, 6.45) is 8.46. The summed E-state index contributed by atoms with van der Waals surface area (Å²) in [7, 11) is 2.18. The maximum Gasteiger partial charge on any atom is 0.0483 e. The smallest absolute Gasteiger partial charge is 0.0483 e. The number of aryl methyl sites for hydroxylation is 2. The first-order valence-electron chi connectivity index (χ1n) is 7.66. The third-order valence-electron chi connectivity index (χ3n) is 4.61. The highest BCUT2D eigenvalue weighted by Crippen LogP contribution is 2.24. The monoisotopic (exact) mass is 268 g/mol. The molecule has 0 aliphatic heterocycles. The zero-order valence-electron chi connectivity index (χ0n) is 12.5. The van der Waals surface area contributed by atoms with Crippen molar-refractivity contribution in [2.45, 2.75) is 32.7 Å². The molecule has 2 nitrogen and oxygen atoms in total. The van der Waals surface area contributed by atoms with Crippen molar-refractivity contribution in [1.82, 2.24) is 9.88 Å². The van der Waals surface area contributed by atoms with E-state index in [2.05, 4.69) is 60.3 Å². The van der Waals surface area contributed by atoms with Crippen molar-refractivity contribution in [2.24, 2.45) is 13.0 Å². The maximum atomic E-state index is 3.66. The van der Waals surface area contributed by atoms with Crippen molar-refractivity contribution < 1.29 is 0 Å². The van der Waals surface area contributed by atoms with Gasteiger partial charge in [-0.2, -0.15) is 0 Å². The van der Waals surface area contributed by atoms with E-state index in [4.69, 9.17) is 0 Å². The summed E-state index contributed by atoms with van der Waals surface area (Å²) in [5, 5.41) is 5.04. The van der Waals surface area contributed by atoms with E-state index in [0.29, 0.717) is 0 Å². The summed E-state index contributed by atoms with van der Waals surface area (Å²) in [6.45, 7) is 4.34. The number of allylic oxidation sites excluding steroid dienone is 2. The van der Waals surface area contributed by atoms with E-state index in [0.717, 1.165) is 19.0 Å². The summed E-state index contributed by atoms with van der Waals surface area (Å²) in [4.78, 5) is 0. The number of aromatic nitrogens is 1. The van der Waals surface area contributed by atoms with E-state index in [1.54, 1.807) is 0 Å². The molecule has 2 heteroatoms. The normalized spacial score (nSPS) is 18.8. The molecule has 0 radical (unpaired) electrons. The van der Waals surface area contributed by atoms with Crippen LogP contribution in [0.4, 0.5) is 0 Å². The predicted octanol–water partition coefficient (Wildman–Crippen LogP) is 3.93. The highest BCUT2D eigenvalue weighted by atomic mass is 15.0. The Bertz CT molecular complexity index is 583. The molecule has 1 aliphatic rings. The Labute approximate surface area is 121 Å². The van der Waals surface area contributed by atoms with Crippen molar-refractivity contribution >= 4 is 10.9 Å². The molecule has 1 heterocycles. The van der Waals surface area contributed by atoms with E-state index in [1.807, 2.05) is 0 Å². The molecule has 2 aromatic rings. The van der Waals surface area contributed by atoms with Gasteiger partial charge in [-0.15, -0.1) is 0 Å². The molecule has 0 saturated carbocycles. The molecule has 0 spiro atoms. The topological polar surface area (TPSA) is 17.0 Å². The van der Waals surface area contributed by atoms with Crippen LogP contribution < -0.4 is 5.32 Å². The number of fused-ring (bicyclic) bond motifs is 1. The molecule has 1 aliphatic carbocycles. The molecular weight excluding hydrogens is 244 g/mol. The molecule has 3 rings (SSSR count). The number of nitrogens with one attached hydrogen (secondary N) is 1. The van der Waals surface area contributed by atoms with Gasteiger partial charge in [0.2, 0.25) is 0 Å². The maximum absolute atomic E-state index is 3.66. The van der Waals surface area contributed by atoms with Crippen LogP contribution >= 0.6 is 0 Å². The molecule has 0 amide bonds. The van der Waals surface area contributed by atoms with Gasteiger partial charge in [-0.25, -0.2) is 0 Å². The van der Waals surface area contributed by atoms with Gasteiger partial charge in [-0.05, 0) is 50.3 Å². The Morgan fingerprint density at radius 2 is 2.10 bits per heavy atom. The first-order chi connectivity index (χ1) is 9.77. The third-order valence-corrected chi connectivity index (χ3v) is 4.61. The average Bonchev–Trinajstić information content (AvgIpc) is 2.74. The summed E-state index contributed by atoms with van der Waals surface area (Å²) in [6, 6.07) is 8.67. The summed E-state index contributed by atoms with van der Waals surface area (Å²) >= 11 is 0. The van der Waals surface area contributed by atoms with Crippen LogP contribution in [0.15, 0.2) is 36.4 Å². The van der Waals surface area contributed by atoms with Crippen molar-refractivity contribution in [3.8, 4) is 0 Å². The first-order valence-corrected chi connectivity index (χ1v) is 7.66. The van der Waals surface area contributed by atoms with Gasteiger partial charge in [0.05, 0.1) is 0 Å². The lowest BCUT2D eigenvalue weighted by Gasteiger charge is -2.18. The molecule has 1 unspecified atom stereocenters. The van der Waals surface area contributed by atoms with E-state index >= 15 is 0 Å². The lowest BCUT2D eigenvalue weighted by molar-refractivity contribution is 0.437. The quantitative estimate of drug-likeness (QED) is 0.831. The Kier molecular flexibility index (Phi) is 3.93. The fourth-order valence-corrected chi connectivity index (χ4v) is 3.32. The number of para-hydroxylation sites is 1. The minimum Gasteiger partial charge on any atom is -0.346 e. The Balaban J connectivity index is 1.69. The summed E-state index contributed by atoms with van der Waals surface area (Å²) < 4.78 is 2.33. The van der Waals surface area contributed by atoms with Crippen LogP contribution in [0.25, 0.3) is 10.9 Å². The second kappa shape index (κ2) is 5.84. The number of hydrogen-bond acceptors (Lipinski definition) is 1. The van der Waals surface area contributed by atoms with Gasteiger partial charge >= 0.3 is 0 Å². The van der Waals surface area contributed by atoms with Crippen LogP contribution in [0.5, 0.6) is 0 Å². The average molecular weight is 268 g/mol. The molecule has 0 bridgehead atoms. The molecule has 0 saturated heterocycles. The van der Waals surface area contributed by atoms with E-state index < -0.39 is 0 Å². The minimum absolute atomic E-state index is 0.815. The van der Waals surface area contributed by atoms with Gasteiger partial charge in [0, 0.05) is 30.2 Å². The van der Waals surface area contributed by atoms with Crippen molar-refractivity contribution in [3.63, 3.8) is 0 Å². The SMILES string of the molecule is Cc1c(CNCC2CC=CCC2)n(C)c2ccccc12. The van der Waals surface area contributed by atoms with Crippen LogP contribution in [0.3, 0.4) is 0 Å². The molecule has 0 fully saturated rings. The Morgan fingerprint density at radius 3 is 2.85 bits per heavy atom. The van der Waals surface area contributed by atoms with Gasteiger partial charge in [-0.1, -0.05) is 30.4 Å². The van der Waals surface area contributed by atoms with Gasteiger partial charge in [0.25, 0.3) is 0 Å². The second-order valence-electron chi connectivity index (χ2n) is 5.93. The van der Waals surface area contributed by atoms with Gasteiger partial charge in [0.1, 0.15) is 0 Å². The molecule has 20 heavy (non-hydrogen) atoms. The van der Waals surface area contributed by atoms with E-state index in [-0.39, 0.29) is 0 Å². The Morgan fingerprint density at radius 1 is 1.25 bits per heavy atom. The van der Waals surface area contributed by atoms with Crippen LogP contribution in [0.1, 0.15) is 30.5 Å². The van der Waals surface area contributed by atoms with Crippen molar-refractivity contribution in [3.05, 3.63) is 47.7 Å². The van der Waals surface area contributed by atoms with Gasteiger partial charge in [-0.3, -0.25) is 0 Å². The van der Waals surface area contributed by atoms with Crippen LogP contribution in [0.2, 0.25) is 0 Å². The number of nitrogens with zero attached hydrogens (tertiary/aromatic N) is 1. The number of benzene rings is 1. The lowest BCUT2D eigenvalue weighted by atomic mass is 9.94. The van der Waals surface area contributed by atoms with Gasteiger partial charge in [0.15, 0.2) is 0 Å². The number of rotatable bonds is 4. The standard InChI is InChI=1S/C18H24N2/c1-14-16-10-6-7-11-17(16)20(2)18(14)13-19-12-15-8-4-3-5-9-15/h3-4,6-7,10-11,15,19H,5,8-9,12-13H2,1-2H3. The molecule has 106 valence electrons. The molecule has 1 N–H and O–H groups in total. The van der Waals surface area contributed by atoms with Crippen LogP contribution in [0, 0.1) is 12.8 Å². The minimum atomic E-state index is 0.815.